The van der Waals surface area contributed by atoms with E-state index >= 15 is 0 Å². The minimum Gasteiger partial charge on any atom is -0.507 e. The van der Waals surface area contributed by atoms with E-state index in [0.29, 0.717) is 12.8 Å². The molecule has 6 heteroatoms. The Balaban J connectivity index is 3.00. The van der Waals surface area contributed by atoms with Crippen molar-refractivity contribution in [3.63, 3.8) is 0 Å². The lowest BCUT2D eigenvalue weighted by molar-refractivity contribution is 0.0979. The van der Waals surface area contributed by atoms with E-state index < -0.39 is 11.7 Å². The highest BCUT2D eigenvalue weighted by Crippen LogP contribution is 2.43. The van der Waals surface area contributed by atoms with Gasteiger partial charge in [-0.25, -0.2) is 4.79 Å². The third kappa shape index (κ3) is 4.06. The van der Waals surface area contributed by atoms with Gasteiger partial charge in [0, 0.05) is 23.6 Å². The summed E-state index contributed by atoms with van der Waals surface area (Å²) in [5.41, 5.74) is 0.269. The number of rotatable bonds is 7. The van der Waals surface area contributed by atoms with E-state index in [2.05, 4.69) is 0 Å². The number of carbonyl (C=O) groups is 1. The van der Waals surface area contributed by atoms with Gasteiger partial charge < -0.3 is 19.7 Å². The highest BCUT2D eigenvalue weighted by molar-refractivity contribution is 6.11. The fraction of sp³-hybridized carbons (Fsp3) is 0.429. The van der Waals surface area contributed by atoms with Crippen LogP contribution in [0.5, 0.6) is 11.5 Å². The molecule has 1 aromatic heterocycles. The fourth-order valence-corrected chi connectivity index (χ4v) is 3.05. The number of allylic oxidation sites excluding steroid dienone is 2. The number of carbonyl (C=O) groups excluding carboxylic acids is 1. The van der Waals surface area contributed by atoms with Gasteiger partial charge in [-0.2, -0.15) is 0 Å². The number of aromatic hydroxyl groups is 2. The largest absolute Gasteiger partial charge is 0.507 e. The van der Waals surface area contributed by atoms with Crippen molar-refractivity contribution < 1.29 is 24.5 Å². The van der Waals surface area contributed by atoms with Crippen LogP contribution in [0.25, 0.3) is 11.0 Å². The molecule has 0 bridgehead atoms. The summed E-state index contributed by atoms with van der Waals surface area (Å²) in [5.74, 6) is -1.06. The summed E-state index contributed by atoms with van der Waals surface area (Å²) in [6.07, 6.45) is 2.00. The zero-order valence-electron chi connectivity index (χ0n) is 16.1. The summed E-state index contributed by atoms with van der Waals surface area (Å²) in [5, 5.41) is 32.0. The second-order valence-corrected chi connectivity index (χ2v) is 6.86. The number of aliphatic hydroxyl groups is 1. The number of hydrogen-bond donors (Lipinski definition) is 3. The summed E-state index contributed by atoms with van der Waals surface area (Å²) in [7, 11) is 0. The molecule has 1 heterocycles. The molecule has 6 nitrogen and oxygen atoms in total. The summed E-state index contributed by atoms with van der Waals surface area (Å²) in [4.78, 5) is 24.7. The molecule has 0 fully saturated rings. The topological polar surface area (TPSA) is 108 Å². The summed E-state index contributed by atoms with van der Waals surface area (Å²) in [6.45, 7) is 7.31. The molecule has 146 valence electrons. The van der Waals surface area contributed by atoms with Gasteiger partial charge >= 0.3 is 5.63 Å². The number of phenols is 2. The van der Waals surface area contributed by atoms with Crippen molar-refractivity contribution in [2.75, 3.05) is 0 Å². The summed E-state index contributed by atoms with van der Waals surface area (Å²) in [6, 6.07) is 1.12. The number of aliphatic hydroxyl groups excluding tert-OH is 1. The predicted molar refractivity (Wildman–Crippen MR) is 103 cm³/mol. The average molecular weight is 374 g/mol. The summed E-state index contributed by atoms with van der Waals surface area (Å²) >= 11 is 0. The first kappa shape index (κ1) is 20.7. The maximum absolute atomic E-state index is 12.7. The van der Waals surface area contributed by atoms with Gasteiger partial charge in [-0.15, -0.1) is 0 Å². The standard InChI is InChI=1S/C21H26O6/c1-5-7-15(23)18-20(26)12(9-8-11(3)4)19(25)17-13(14(22)6-2)10-16(24)27-21(17)18/h8,10,14,22,25-26H,5-7,9H2,1-4H3/t14-/m1/s1. The quantitative estimate of drug-likeness (QED) is 0.382. The first-order chi connectivity index (χ1) is 12.7. The van der Waals surface area contributed by atoms with E-state index in [4.69, 9.17) is 4.42 Å². The Hall–Kier alpha value is -2.60. The zero-order valence-corrected chi connectivity index (χ0v) is 16.1. The third-order valence-corrected chi connectivity index (χ3v) is 4.48. The minimum absolute atomic E-state index is 0.0957. The molecule has 1 aromatic carbocycles. The Morgan fingerprint density at radius 2 is 1.89 bits per heavy atom. The number of benzene rings is 1. The molecule has 0 aliphatic carbocycles. The number of ketones is 1. The van der Waals surface area contributed by atoms with Crippen LogP contribution in [0.15, 0.2) is 26.9 Å². The van der Waals surface area contributed by atoms with Crippen LogP contribution in [0, 0.1) is 0 Å². The number of phenolic OH excluding ortho intramolecular Hbond substituents is 2. The number of fused-ring (bicyclic) bond motifs is 1. The van der Waals surface area contributed by atoms with Gasteiger partial charge in [0.15, 0.2) is 11.4 Å². The van der Waals surface area contributed by atoms with Crippen LogP contribution in [0.2, 0.25) is 0 Å². The average Bonchev–Trinajstić information content (AvgIpc) is 2.60. The van der Waals surface area contributed by atoms with Crippen molar-refractivity contribution in [2.45, 2.75) is 59.5 Å². The van der Waals surface area contributed by atoms with Crippen molar-refractivity contribution in [1.29, 1.82) is 0 Å². The Kier molecular flexibility index (Phi) is 6.44. The van der Waals surface area contributed by atoms with E-state index in [1.165, 1.54) is 0 Å². The van der Waals surface area contributed by atoms with Crippen LogP contribution in [0.4, 0.5) is 0 Å². The first-order valence-electron chi connectivity index (χ1n) is 9.11. The molecule has 0 aliphatic heterocycles. The fourth-order valence-electron chi connectivity index (χ4n) is 3.05. The zero-order chi connectivity index (χ0) is 20.3. The molecular weight excluding hydrogens is 348 g/mol. The predicted octanol–water partition coefficient (Wildman–Crippen LogP) is 4.14. The minimum atomic E-state index is -1.02. The van der Waals surface area contributed by atoms with E-state index in [9.17, 15) is 24.9 Å². The molecule has 0 amide bonds. The van der Waals surface area contributed by atoms with E-state index in [1.54, 1.807) is 6.92 Å². The van der Waals surface area contributed by atoms with Gasteiger partial charge in [0.25, 0.3) is 0 Å². The van der Waals surface area contributed by atoms with E-state index in [-0.39, 0.29) is 57.8 Å². The Morgan fingerprint density at radius 1 is 1.22 bits per heavy atom. The first-order valence-corrected chi connectivity index (χ1v) is 9.11. The molecular formula is C21H26O6. The van der Waals surface area contributed by atoms with Gasteiger partial charge in [0.2, 0.25) is 0 Å². The maximum Gasteiger partial charge on any atom is 0.336 e. The molecule has 0 spiro atoms. The lowest BCUT2D eigenvalue weighted by atomic mass is 9.92. The van der Waals surface area contributed by atoms with E-state index in [1.807, 2.05) is 26.8 Å². The second-order valence-electron chi connectivity index (χ2n) is 6.86. The van der Waals surface area contributed by atoms with Gasteiger partial charge in [-0.3, -0.25) is 4.79 Å². The Bertz CT molecular complexity index is 948. The lowest BCUT2D eigenvalue weighted by Crippen LogP contribution is -2.10. The lowest BCUT2D eigenvalue weighted by Gasteiger charge is -2.17. The van der Waals surface area contributed by atoms with Gasteiger partial charge in [-0.05, 0) is 33.1 Å². The molecule has 0 unspecified atom stereocenters. The van der Waals surface area contributed by atoms with Crippen molar-refractivity contribution in [2.24, 2.45) is 0 Å². The highest BCUT2D eigenvalue weighted by atomic mass is 16.4. The van der Waals surface area contributed by atoms with Crippen molar-refractivity contribution in [1.82, 2.24) is 0 Å². The molecule has 0 radical (unpaired) electrons. The second kappa shape index (κ2) is 8.39. The van der Waals surface area contributed by atoms with Crippen molar-refractivity contribution >= 4 is 16.8 Å². The van der Waals surface area contributed by atoms with Gasteiger partial charge in [0.05, 0.1) is 11.5 Å². The molecule has 0 saturated carbocycles. The van der Waals surface area contributed by atoms with Crippen LogP contribution >= 0.6 is 0 Å². The monoisotopic (exact) mass is 374 g/mol. The molecule has 1 atom stereocenters. The van der Waals surface area contributed by atoms with Crippen LogP contribution in [-0.4, -0.2) is 21.1 Å². The molecule has 27 heavy (non-hydrogen) atoms. The Morgan fingerprint density at radius 3 is 2.44 bits per heavy atom. The Labute approximate surface area is 157 Å². The van der Waals surface area contributed by atoms with Crippen LogP contribution in [0.1, 0.15) is 74.5 Å². The van der Waals surface area contributed by atoms with Gasteiger partial charge in [-0.1, -0.05) is 25.5 Å². The smallest absolute Gasteiger partial charge is 0.336 e. The molecule has 3 N–H and O–H groups in total. The molecule has 0 saturated heterocycles. The van der Waals surface area contributed by atoms with Crippen molar-refractivity contribution in [3.05, 3.63) is 44.8 Å². The number of Topliss-reactive ketones (excluding diaryl/α,β-unsaturated/α-hetero) is 1. The van der Waals surface area contributed by atoms with Crippen molar-refractivity contribution in [3.8, 4) is 11.5 Å². The normalized spacial score (nSPS) is 12.2. The molecule has 0 aliphatic rings. The van der Waals surface area contributed by atoms with Crippen LogP contribution in [-0.2, 0) is 6.42 Å². The van der Waals surface area contributed by atoms with Gasteiger partial charge in [0.1, 0.15) is 17.1 Å². The van der Waals surface area contributed by atoms with Crippen LogP contribution < -0.4 is 5.63 Å². The SMILES string of the molecule is CCCC(=O)c1c(O)c(CC=C(C)C)c(O)c2c([C@H](O)CC)cc(=O)oc12. The van der Waals surface area contributed by atoms with E-state index in [0.717, 1.165) is 11.6 Å². The highest BCUT2D eigenvalue weighted by Gasteiger charge is 2.27. The third-order valence-electron chi connectivity index (χ3n) is 4.48. The molecule has 2 rings (SSSR count). The number of hydrogen-bond acceptors (Lipinski definition) is 6. The maximum atomic E-state index is 12.7. The summed E-state index contributed by atoms with van der Waals surface area (Å²) < 4.78 is 5.21. The van der Waals surface area contributed by atoms with Crippen LogP contribution in [0.3, 0.4) is 0 Å². The molecule has 2 aromatic rings.